The van der Waals surface area contributed by atoms with Gasteiger partial charge in [0.2, 0.25) is 0 Å². The number of anilines is 1. The average molecular weight is 265 g/mol. The maximum atomic E-state index is 11.8. The van der Waals surface area contributed by atoms with Crippen LogP contribution in [-0.4, -0.2) is 49.6 Å². The van der Waals surface area contributed by atoms with Crippen LogP contribution in [0.2, 0.25) is 0 Å². The summed E-state index contributed by atoms with van der Waals surface area (Å²) in [6, 6.07) is 3.60. The fourth-order valence-electron chi connectivity index (χ4n) is 1.47. The van der Waals surface area contributed by atoms with Crippen molar-refractivity contribution in [3.63, 3.8) is 0 Å². The Labute approximate surface area is 115 Å². The second-order valence-electron chi connectivity index (χ2n) is 5.02. The molecule has 0 saturated heterocycles. The van der Waals surface area contributed by atoms with Crippen LogP contribution in [0.3, 0.4) is 0 Å². The van der Waals surface area contributed by atoms with Crippen molar-refractivity contribution in [2.24, 2.45) is 5.92 Å². The summed E-state index contributed by atoms with van der Waals surface area (Å²) in [4.78, 5) is 17.3. The van der Waals surface area contributed by atoms with Crippen LogP contribution in [0.1, 0.15) is 24.3 Å². The molecule has 0 aliphatic heterocycles. The Bertz CT molecular complexity index is 405. The van der Waals surface area contributed by atoms with Gasteiger partial charge in [-0.05, 0) is 18.1 Å². The third-order valence-electron chi connectivity index (χ3n) is 2.41. The van der Waals surface area contributed by atoms with Gasteiger partial charge in [-0.3, -0.25) is 9.78 Å². The van der Waals surface area contributed by atoms with Gasteiger partial charge in [-0.2, -0.15) is 0 Å². The summed E-state index contributed by atoms with van der Waals surface area (Å²) in [7, 11) is 3.42. The Morgan fingerprint density at radius 1 is 1.47 bits per heavy atom. The summed E-state index contributed by atoms with van der Waals surface area (Å²) in [6.45, 7) is 6.37. The van der Waals surface area contributed by atoms with Crippen molar-refractivity contribution in [1.29, 1.82) is 0 Å². The molecule has 106 valence electrons. The van der Waals surface area contributed by atoms with Gasteiger partial charge >= 0.3 is 0 Å². The number of aromatic nitrogens is 1. The van der Waals surface area contributed by atoms with E-state index in [1.807, 2.05) is 6.07 Å². The molecule has 1 aromatic heterocycles. The normalized spacial score (nSPS) is 10.6. The number of ether oxygens (including phenoxy) is 1. The zero-order chi connectivity index (χ0) is 14.3. The van der Waals surface area contributed by atoms with Crippen molar-refractivity contribution in [2.75, 3.05) is 39.2 Å². The molecule has 0 unspecified atom stereocenters. The molecule has 5 nitrogen and oxygen atoms in total. The van der Waals surface area contributed by atoms with Gasteiger partial charge in [-0.25, -0.2) is 0 Å². The third-order valence-corrected chi connectivity index (χ3v) is 2.41. The molecule has 1 heterocycles. The lowest BCUT2D eigenvalue weighted by Gasteiger charge is -2.12. The summed E-state index contributed by atoms with van der Waals surface area (Å²) in [5.74, 6) is 0.449. The minimum absolute atomic E-state index is 0.0975. The minimum atomic E-state index is -0.0975. The SMILES string of the molecule is CC(C)COCCNc1ccnc(C(=O)N(C)C)c1. The molecular formula is C14H23N3O2. The van der Waals surface area contributed by atoms with Crippen LogP contribution >= 0.6 is 0 Å². The number of amides is 1. The summed E-state index contributed by atoms with van der Waals surface area (Å²) < 4.78 is 5.48. The van der Waals surface area contributed by atoms with E-state index in [0.717, 1.165) is 12.3 Å². The molecule has 0 aliphatic carbocycles. The molecular weight excluding hydrogens is 242 g/mol. The van der Waals surface area contributed by atoms with E-state index in [1.54, 1.807) is 26.4 Å². The van der Waals surface area contributed by atoms with Gasteiger partial charge in [-0.1, -0.05) is 13.8 Å². The van der Waals surface area contributed by atoms with E-state index in [1.165, 1.54) is 4.90 Å². The van der Waals surface area contributed by atoms with E-state index in [9.17, 15) is 4.79 Å². The Balaban J connectivity index is 2.42. The molecule has 1 amide bonds. The topological polar surface area (TPSA) is 54.5 Å². The summed E-state index contributed by atoms with van der Waals surface area (Å²) >= 11 is 0. The summed E-state index contributed by atoms with van der Waals surface area (Å²) in [5.41, 5.74) is 1.33. The molecule has 0 fully saturated rings. The molecule has 0 saturated carbocycles. The first kappa shape index (κ1) is 15.4. The second kappa shape index (κ2) is 7.74. The Morgan fingerprint density at radius 3 is 2.84 bits per heavy atom. The van der Waals surface area contributed by atoms with Crippen LogP contribution in [0.5, 0.6) is 0 Å². The zero-order valence-corrected chi connectivity index (χ0v) is 12.1. The number of carbonyl (C=O) groups is 1. The highest BCUT2D eigenvalue weighted by molar-refractivity contribution is 5.92. The molecule has 0 aromatic carbocycles. The fourth-order valence-corrected chi connectivity index (χ4v) is 1.47. The fraction of sp³-hybridized carbons (Fsp3) is 0.571. The Hall–Kier alpha value is -1.62. The molecule has 0 aliphatic rings. The van der Waals surface area contributed by atoms with Crippen LogP contribution < -0.4 is 5.32 Å². The van der Waals surface area contributed by atoms with Crippen molar-refractivity contribution >= 4 is 11.6 Å². The highest BCUT2D eigenvalue weighted by atomic mass is 16.5. The molecule has 1 rings (SSSR count). The molecule has 0 spiro atoms. The molecule has 0 atom stereocenters. The lowest BCUT2D eigenvalue weighted by molar-refractivity contribution is 0.0822. The molecule has 5 heteroatoms. The van der Waals surface area contributed by atoms with Crippen molar-refractivity contribution in [2.45, 2.75) is 13.8 Å². The van der Waals surface area contributed by atoms with Crippen molar-refractivity contribution < 1.29 is 9.53 Å². The highest BCUT2D eigenvalue weighted by Gasteiger charge is 2.09. The Morgan fingerprint density at radius 2 is 2.21 bits per heavy atom. The van der Waals surface area contributed by atoms with E-state index in [2.05, 4.69) is 24.1 Å². The largest absolute Gasteiger partial charge is 0.383 e. The number of rotatable bonds is 7. The predicted octanol–water partition coefficient (Wildman–Crippen LogP) is 1.87. The zero-order valence-electron chi connectivity index (χ0n) is 12.1. The lowest BCUT2D eigenvalue weighted by atomic mass is 10.2. The molecule has 1 aromatic rings. The highest BCUT2D eigenvalue weighted by Crippen LogP contribution is 2.08. The van der Waals surface area contributed by atoms with Crippen molar-refractivity contribution in [1.82, 2.24) is 9.88 Å². The number of carbonyl (C=O) groups excluding carboxylic acids is 1. The van der Waals surface area contributed by atoms with Crippen LogP contribution in [0.15, 0.2) is 18.3 Å². The molecule has 1 N–H and O–H groups in total. The maximum absolute atomic E-state index is 11.8. The first-order valence-electron chi connectivity index (χ1n) is 6.50. The average Bonchev–Trinajstić information content (AvgIpc) is 2.37. The van der Waals surface area contributed by atoms with E-state index in [4.69, 9.17) is 4.74 Å². The summed E-state index contributed by atoms with van der Waals surface area (Å²) in [6.07, 6.45) is 1.63. The van der Waals surface area contributed by atoms with Gasteiger partial charge < -0.3 is 15.0 Å². The first-order valence-corrected chi connectivity index (χ1v) is 6.50. The number of hydrogen-bond acceptors (Lipinski definition) is 4. The van der Waals surface area contributed by atoms with Gasteiger partial charge in [0.1, 0.15) is 5.69 Å². The first-order chi connectivity index (χ1) is 9.00. The quantitative estimate of drug-likeness (QED) is 0.765. The third kappa shape index (κ3) is 5.70. The molecule has 0 bridgehead atoms. The van der Waals surface area contributed by atoms with Crippen LogP contribution in [0.25, 0.3) is 0 Å². The summed E-state index contributed by atoms with van der Waals surface area (Å²) in [5, 5.41) is 3.22. The number of pyridine rings is 1. The van der Waals surface area contributed by atoms with E-state index < -0.39 is 0 Å². The Kier molecular flexibility index (Phi) is 6.29. The smallest absolute Gasteiger partial charge is 0.272 e. The van der Waals surface area contributed by atoms with Gasteiger partial charge in [-0.15, -0.1) is 0 Å². The minimum Gasteiger partial charge on any atom is -0.383 e. The van der Waals surface area contributed by atoms with Crippen LogP contribution in [0.4, 0.5) is 5.69 Å². The monoisotopic (exact) mass is 265 g/mol. The number of nitrogens with one attached hydrogen (secondary N) is 1. The van der Waals surface area contributed by atoms with Crippen molar-refractivity contribution in [3.05, 3.63) is 24.0 Å². The van der Waals surface area contributed by atoms with E-state index >= 15 is 0 Å². The van der Waals surface area contributed by atoms with Gasteiger partial charge in [0.15, 0.2) is 0 Å². The molecule has 19 heavy (non-hydrogen) atoms. The maximum Gasteiger partial charge on any atom is 0.272 e. The number of hydrogen-bond donors (Lipinski definition) is 1. The van der Waals surface area contributed by atoms with Crippen LogP contribution in [-0.2, 0) is 4.74 Å². The predicted molar refractivity (Wildman–Crippen MR) is 76.4 cm³/mol. The lowest BCUT2D eigenvalue weighted by Crippen LogP contribution is -2.23. The van der Waals surface area contributed by atoms with Crippen LogP contribution in [0, 0.1) is 5.92 Å². The van der Waals surface area contributed by atoms with E-state index in [-0.39, 0.29) is 5.91 Å². The van der Waals surface area contributed by atoms with Gasteiger partial charge in [0.25, 0.3) is 5.91 Å². The molecule has 0 radical (unpaired) electrons. The van der Waals surface area contributed by atoms with Gasteiger partial charge in [0.05, 0.1) is 6.61 Å². The number of nitrogens with zero attached hydrogens (tertiary/aromatic N) is 2. The standard InChI is InChI=1S/C14H23N3O2/c1-11(2)10-19-8-7-15-12-5-6-16-13(9-12)14(18)17(3)4/h5-6,9,11H,7-8,10H2,1-4H3,(H,15,16). The second-order valence-corrected chi connectivity index (χ2v) is 5.02. The van der Waals surface area contributed by atoms with Gasteiger partial charge in [0, 0.05) is 39.1 Å². The van der Waals surface area contributed by atoms with E-state index in [0.29, 0.717) is 24.8 Å². The van der Waals surface area contributed by atoms with Crippen molar-refractivity contribution in [3.8, 4) is 0 Å².